The van der Waals surface area contributed by atoms with Crippen LogP contribution < -0.4 is 4.90 Å². The molecule has 1 atom stereocenters. The fraction of sp³-hybridized carbons (Fsp3) is 0.571. The Kier molecular flexibility index (Phi) is 4.49. The minimum absolute atomic E-state index is 0.148. The van der Waals surface area contributed by atoms with Crippen LogP contribution in [0, 0.1) is 6.92 Å². The summed E-state index contributed by atoms with van der Waals surface area (Å²) in [7, 11) is 2.11. The van der Waals surface area contributed by atoms with Crippen molar-refractivity contribution in [2.24, 2.45) is 0 Å². The lowest BCUT2D eigenvalue weighted by molar-refractivity contribution is 0.229. The molecule has 0 aromatic heterocycles. The zero-order valence-corrected chi connectivity index (χ0v) is 11.8. The van der Waals surface area contributed by atoms with Gasteiger partial charge in [0, 0.05) is 23.8 Å². The van der Waals surface area contributed by atoms with E-state index in [1.54, 1.807) is 0 Å². The summed E-state index contributed by atoms with van der Waals surface area (Å²) in [5.41, 5.74) is 2.25. The van der Waals surface area contributed by atoms with Gasteiger partial charge in [0.2, 0.25) is 0 Å². The number of benzene rings is 1. The predicted octanol–water partition coefficient (Wildman–Crippen LogP) is 2.15. The van der Waals surface area contributed by atoms with Crippen LogP contribution in [0.5, 0.6) is 0 Å². The number of nitrogens with zero attached hydrogens (tertiary/aromatic N) is 2. The molecule has 0 saturated carbocycles. The van der Waals surface area contributed by atoms with E-state index >= 15 is 0 Å². The van der Waals surface area contributed by atoms with Gasteiger partial charge < -0.3 is 14.9 Å². The van der Waals surface area contributed by atoms with E-state index in [9.17, 15) is 5.11 Å². The van der Waals surface area contributed by atoms with Gasteiger partial charge in [-0.05, 0) is 44.6 Å². The Morgan fingerprint density at radius 2 is 2.17 bits per heavy atom. The Hall–Kier alpha value is -0.770. The van der Waals surface area contributed by atoms with Crippen LogP contribution in [0.1, 0.15) is 12.0 Å². The molecule has 2 rings (SSSR count). The molecule has 1 heterocycles. The molecule has 1 aliphatic heterocycles. The number of halogens is 1. The fourth-order valence-electron chi connectivity index (χ4n) is 2.62. The zero-order chi connectivity index (χ0) is 13.1. The van der Waals surface area contributed by atoms with Gasteiger partial charge in [0.25, 0.3) is 0 Å². The molecule has 0 aliphatic carbocycles. The average molecular weight is 269 g/mol. The molecule has 18 heavy (non-hydrogen) atoms. The second kappa shape index (κ2) is 5.91. The molecule has 0 bridgehead atoms. The van der Waals surface area contributed by atoms with Gasteiger partial charge in [0.05, 0.1) is 12.6 Å². The molecule has 0 amide bonds. The van der Waals surface area contributed by atoms with E-state index in [0.717, 1.165) is 42.3 Å². The molecular weight excluding hydrogens is 248 g/mol. The van der Waals surface area contributed by atoms with Crippen LogP contribution in [0.4, 0.5) is 5.69 Å². The molecule has 0 radical (unpaired) electrons. The van der Waals surface area contributed by atoms with E-state index < -0.39 is 0 Å². The summed E-state index contributed by atoms with van der Waals surface area (Å²) < 4.78 is 0. The van der Waals surface area contributed by atoms with Crippen LogP contribution in [-0.2, 0) is 0 Å². The van der Waals surface area contributed by atoms with Crippen molar-refractivity contribution < 1.29 is 5.11 Å². The van der Waals surface area contributed by atoms with E-state index in [-0.39, 0.29) is 12.6 Å². The highest BCUT2D eigenvalue weighted by Crippen LogP contribution is 2.29. The normalized spacial score (nSPS) is 22.0. The minimum Gasteiger partial charge on any atom is -0.394 e. The highest BCUT2D eigenvalue weighted by atomic mass is 35.5. The standard InChI is InChI=1S/C14H21ClN2O/c1-11-13(15)5-3-6-14(11)17-8-4-7-16(2)9-12(17)10-18/h3,5-6,12,18H,4,7-10H2,1-2H3. The van der Waals surface area contributed by atoms with Gasteiger partial charge in [-0.2, -0.15) is 0 Å². The Labute approximate surface area is 114 Å². The third-order valence-corrected chi connectivity index (χ3v) is 4.07. The molecule has 3 nitrogen and oxygen atoms in total. The number of rotatable bonds is 2. The molecule has 100 valence electrons. The summed E-state index contributed by atoms with van der Waals surface area (Å²) in [4.78, 5) is 4.57. The summed E-state index contributed by atoms with van der Waals surface area (Å²) in [6.45, 7) is 5.16. The first-order chi connectivity index (χ1) is 8.63. The molecule has 1 aromatic rings. The third kappa shape index (κ3) is 2.79. The highest BCUT2D eigenvalue weighted by Gasteiger charge is 2.24. The van der Waals surface area contributed by atoms with Crippen LogP contribution in [-0.4, -0.2) is 49.3 Å². The minimum atomic E-state index is 0.148. The summed E-state index contributed by atoms with van der Waals surface area (Å²) in [5.74, 6) is 0. The van der Waals surface area contributed by atoms with Gasteiger partial charge >= 0.3 is 0 Å². The molecule has 4 heteroatoms. The first kappa shape index (κ1) is 13.7. The van der Waals surface area contributed by atoms with Crippen LogP contribution >= 0.6 is 11.6 Å². The Morgan fingerprint density at radius 3 is 2.89 bits per heavy atom. The van der Waals surface area contributed by atoms with Crippen LogP contribution in [0.2, 0.25) is 5.02 Å². The molecular formula is C14H21ClN2O. The Bertz CT molecular complexity index is 411. The van der Waals surface area contributed by atoms with Crippen molar-refractivity contribution in [3.05, 3.63) is 28.8 Å². The molecule has 1 N–H and O–H groups in total. The lowest BCUT2D eigenvalue weighted by Crippen LogP contribution is -2.43. The third-order valence-electron chi connectivity index (χ3n) is 3.66. The monoisotopic (exact) mass is 268 g/mol. The van der Waals surface area contributed by atoms with E-state index in [1.807, 2.05) is 19.1 Å². The van der Waals surface area contributed by atoms with Gasteiger partial charge in [0.15, 0.2) is 0 Å². The van der Waals surface area contributed by atoms with Crippen molar-refractivity contribution in [1.82, 2.24) is 4.90 Å². The van der Waals surface area contributed by atoms with Crippen LogP contribution in [0.3, 0.4) is 0 Å². The maximum Gasteiger partial charge on any atom is 0.0647 e. The molecule has 1 saturated heterocycles. The molecule has 1 unspecified atom stereocenters. The lowest BCUT2D eigenvalue weighted by Gasteiger charge is -2.33. The van der Waals surface area contributed by atoms with E-state index in [0.29, 0.717) is 0 Å². The van der Waals surface area contributed by atoms with E-state index in [4.69, 9.17) is 11.6 Å². The number of aliphatic hydroxyl groups is 1. The van der Waals surface area contributed by atoms with Crippen molar-refractivity contribution in [3.8, 4) is 0 Å². The average Bonchev–Trinajstić information content (AvgIpc) is 2.54. The topological polar surface area (TPSA) is 26.7 Å². The smallest absolute Gasteiger partial charge is 0.0647 e. The number of likely N-dealkylation sites (N-methyl/N-ethyl adjacent to an activating group) is 1. The number of hydrogen-bond acceptors (Lipinski definition) is 3. The summed E-state index contributed by atoms with van der Waals surface area (Å²) in [6, 6.07) is 6.14. The van der Waals surface area contributed by atoms with Crippen molar-refractivity contribution in [2.75, 3.05) is 38.2 Å². The second-order valence-electron chi connectivity index (χ2n) is 5.03. The van der Waals surface area contributed by atoms with Gasteiger partial charge in [-0.1, -0.05) is 17.7 Å². The van der Waals surface area contributed by atoms with Crippen molar-refractivity contribution in [3.63, 3.8) is 0 Å². The summed E-state index contributed by atoms with van der Waals surface area (Å²) in [6.07, 6.45) is 1.11. The Morgan fingerprint density at radius 1 is 1.39 bits per heavy atom. The quantitative estimate of drug-likeness (QED) is 0.890. The summed E-state index contributed by atoms with van der Waals surface area (Å²) >= 11 is 6.19. The van der Waals surface area contributed by atoms with Gasteiger partial charge in [0.1, 0.15) is 0 Å². The maximum absolute atomic E-state index is 9.62. The zero-order valence-electron chi connectivity index (χ0n) is 11.1. The van der Waals surface area contributed by atoms with Crippen LogP contribution in [0.15, 0.2) is 18.2 Å². The van der Waals surface area contributed by atoms with Gasteiger partial charge in [-0.25, -0.2) is 0 Å². The number of anilines is 1. The summed E-state index contributed by atoms with van der Waals surface area (Å²) in [5, 5.41) is 10.4. The molecule has 1 fully saturated rings. The van der Waals surface area contributed by atoms with E-state index in [1.165, 1.54) is 0 Å². The van der Waals surface area contributed by atoms with Crippen molar-refractivity contribution >= 4 is 17.3 Å². The SMILES string of the molecule is Cc1c(Cl)cccc1N1CCCN(C)CC1CO. The first-order valence-electron chi connectivity index (χ1n) is 6.44. The van der Waals surface area contributed by atoms with Crippen molar-refractivity contribution in [1.29, 1.82) is 0 Å². The predicted molar refractivity (Wildman–Crippen MR) is 76.5 cm³/mol. The number of hydrogen-bond donors (Lipinski definition) is 1. The number of aliphatic hydroxyl groups excluding tert-OH is 1. The maximum atomic E-state index is 9.62. The lowest BCUT2D eigenvalue weighted by atomic mass is 10.1. The van der Waals surface area contributed by atoms with Crippen molar-refractivity contribution in [2.45, 2.75) is 19.4 Å². The van der Waals surface area contributed by atoms with Crippen LogP contribution in [0.25, 0.3) is 0 Å². The first-order valence-corrected chi connectivity index (χ1v) is 6.82. The largest absolute Gasteiger partial charge is 0.394 e. The van der Waals surface area contributed by atoms with Gasteiger partial charge in [-0.3, -0.25) is 0 Å². The molecule has 1 aromatic carbocycles. The van der Waals surface area contributed by atoms with Gasteiger partial charge in [-0.15, -0.1) is 0 Å². The van der Waals surface area contributed by atoms with E-state index in [2.05, 4.69) is 22.9 Å². The fourth-order valence-corrected chi connectivity index (χ4v) is 2.79. The molecule has 1 aliphatic rings. The molecule has 0 spiro atoms. The highest BCUT2D eigenvalue weighted by molar-refractivity contribution is 6.31. The Balaban J connectivity index is 2.31. The second-order valence-corrected chi connectivity index (χ2v) is 5.44.